The fourth-order valence-corrected chi connectivity index (χ4v) is 1.19. The van der Waals surface area contributed by atoms with Crippen LogP contribution >= 0.6 is 0 Å². The normalized spacial score (nSPS) is 12.3. The van der Waals surface area contributed by atoms with Gasteiger partial charge in [-0.15, -0.1) is 0 Å². The average Bonchev–Trinajstić information content (AvgIpc) is 2.26. The lowest BCUT2D eigenvalue weighted by molar-refractivity contribution is 0.592. The molecule has 1 heterocycles. The van der Waals surface area contributed by atoms with Crippen molar-refractivity contribution in [2.24, 2.45) is 5.92 Å². The van der Waals surface area contributed by atoms with Gasteiger partial charge in [0, 0.05) is 20.6 Å². The highest BCUT2D eigenvalue weighted by Gasteiger charge is 2.01. The fraction of sp³-hybridized carbons (Fsp3) is 0.583. The molecular weight excluding hydrogens is 186 g/mol. The Kier molecular flexibility index (Phi) is 4.40. The maximum atomic E-state index is 4.49. The molecule has 0 radical (unpaired) electrons. The van der Waals surface area contributed by atoms with Gasteiger partial charge < -0.3 is 10.2 Å². The van der Waals surface area contributed by atoms with E-state index in [1.54, 1.807) is 0 Å². The standard InChI is InChI=1S/C12H21N3/c1-5-10(2)9-13-11-7-6-8-12(14-11)15(3)4/h6-8,10H,5,9H2,1-4H3,(H,13,14). The first-order valence-corrected chi connectivity index (χ1v) is 5.51. The Morgan fingerprint density at radius 1 is 1.40 bits per heavy atom. The molecule has 1 unspecified atom stereocenters. The van der Waals surface area contributed by atoms with Crippen LogP contribution in [-0.2, 0) is 0 Å². The summed E-state index contributed by atoms with van der Waals surface area (Å²) in [6.07, 6.45) is 1.19. The van der Waals surface area contributed by atoms with E-state index in [4.69, 9.17) is 0 Å². The van der Waals surface area contributed by atoms with Crippen LogP contribution in [0.25, 0.3) is 0 Å². The SMILES string of the molecule is CCC(C)CNc1cccc(N(C)C)n1. The average molecular weight is 207 g/mol. The van der Waals surface area contributed by atoms with Gasteiger partial charge in [0.1, 0.15) is 11.6 Å². The zero-order valence-electron chi connectivity index (χ0n) is 10.1. The number of anilines is 2. The number of pyridine rings is 1. The molecule has 0 fully saturated rings. The van der Waals surface area contributed by atoms with Crippen LogP contribution in [-0.4, -0.2) is 25.6 Å². The molecule has 0 amide bonds. The molecule has 3 nitrogen and oxygen atoms in total. The molecule has 15 heavy (non-hydrogen) atoms. The molecule has 0 spiro atoms. The first kappa shape index (κ1) is 11.8. The molecule has 0 aliphatic heterocycles. The second-order valence-electron chi connectivity index (χ2n) is 4.17. The Hall–Kier alpha value is -1.25. The summed E-state index contributed by atoms with van der Waals surface area (Å²) in [4.78, 5) is 6.50. The maximum absolute atomic E-state index is 4.49. The molecule has 0 aromatic carbocycles. The Morgan fingerprint density at radius 2 is 2.13 bits per heavy atom. The van der Waals surface area contributed by atoms with E-state index in [0.29, 0.717) is 5.92 Å². The largest absolute Gasteiger partial charge is 0.370 e. The molecule has 3 heteroatoms. The van der Waals surface area contributed by atoms with Crippen LogP contribution in [0.3, 0.4) is 0 Å². The Balaban J connectivity index is 2.58. The zero-order chi connectivity index (χ0) is 11.3. The first-order chi connectivity index (χ1) is 7.13. The molecule has 0 aliphatic carbocycles. The Labute approximate surface area is 92.5 Å². The van der Waals surface area contributed by atoms with E-state index in [0.717, 1.165) is 18.2 Å². The van der Waals surface area contributed by atoms with Gasteiger partial charge in [0.2, 0.25) is 0 Å². The summed E-state index contributed by atoms with van der Waals surface area (Å²) in [5.41, 5.74) is 0. The number of hydrogen-bond acceptors (Lipinski definition) is 3. The highest BCUT2D eigenvalue weighted by molar-refractivity contribution is 5.45. The third-order valence-electron chi connectivity index (χ3n) is 2.52. The molecule has 0 bridgehead atoms. The molecule has 84 valence electrons. The smallest absolute Gasteiger partial charge is 0.130 e. The molecule has 0 aliphatic rings. The van der Waals surface area contributed by atoms with Crippen molar-refractivity contribution in [2.45, 2.75) is 20.3 Å². The van der Waals surface area contributed by atoms with Crippen LogP contribution < -0.4 is 10.2 Å². The molecular formula is C12H21N3. The minimum absolute atomic E-state index is 0.690. The first-order valence-electron chi connectivity index (χ1n) is 5.51. The minimum Gasteiger partial charge on any atom is -0.370 e. The van der Waals surface area contributed by atoms with E-state index in [2.05, 4.69) is 24.1 Å². The predicted molar refractivity (Wildman–Crippen MR) is 66.5 cm³/mol. The van der Waals surface area contributed by atoms with E-state index in [-0.39, 0.29) is 0 Å². The van der Waals surface area contributed by atoms with Crippen molar-refractivity contribution in [3.8, 4) is 0 Å². The molecule has 0 saturated carbocycles. The molecule has 1 N–H and O–H groups in total. The fourth-order valence-electron chi connectivity index (χ4n) is 1.19. The summed E-state index contributed by atoms with van der Waals surface area (Å²) < 4.78 is 0. The van der Waals surface area contributed by atoms with Gasteiger partial charge in [0.05, 0.1) is 0 Å². The summed E-state index contributed by atoms with van der Waals surface area (Å²) in [5.74, 6) is 2.64. The molecule has 1 atom stereocenters. The third-order valence-corrected chi connectivity index (χ3v) is 2.52. The van der Waals surface area contributed by atoms with Crippen LogP contribution in [0.2, 0.25) is 0 Å². The van der Waals surface area contributed by atoms with E-state index >= 15 is 0 Å². The van der Waals surface area contributed by atoms with Crippen LogP contribution in [0, 0.1) is 5.92 Å². The van der Waals surface area contributed by atoms with Gasteiger partial charge in [-0.1, -0.05) is 26.3 Å². The molecule has 1 aromatic heterocycles. The molecule has 1 aromatic rings. The minimum atomic E-state index is 0.690. The number of hydrogen-bond donors (Lipinski definition) is 1. The molecule has 1 rings (SSSR count). The second-order valence-corrected chi connectivity index (χ2v) is 4.17. The van der Waals surface area contributed by atoms with Crippen LogP contribution in [0.4, 0.5) is 11.6 Å². The van der Waals surface area contributed by atoms with Crippen LogP contribution in [0.5, 0.6) is 0 Å². The predicted octanol–water partition coefficient (Wildman–Crippen LogP) is 2.61. The van der Waals surface area contributed by atoms with Gasteiger partial charge in [-0.3, -0.25) is 0 Å². The zero-order valence-corrected chi connectivity index (χ0v) is 10.1. The van der Waals surface area contributed by atoms with Gasteiger partial charge in [-0.25, -0.2) is 4.98 Å². The maximum Gasteiger partial charge on any atom is 0.130 e. The topological polar surface area (TPSA) is 28.2 Å². The highest BCUT2D eigenvalue weighted by atomic mass is 15.2. The Bertz CT molecular complexity index is 297. The number of aromatic nitrogens is 1. The lowest BCUT2D eigenvalue weighted by Gasteiger charge is -2.14. The summed E-state index contributed by atoms with van der Waals surface area (Å²) in [6.45, 7) is 5.43. The highest BCUT2D eigenvalue weighted by Crippen LogP contribution is 2.12. The third kappa shape index (κ3) is 3.78. The van der Waals surface area contributed by atoms with Crippen molar-refractivity contribution < 1.29 is 0 Å². The second kappa shape index (κ2) is 5.59. The van der Waals surface area contributed by atoms with Crippen molar-refractivity contribution in [2.75, 3.05) is 30.9 Å². The van der Waals surface area contributed by atoms with Crippen molar-refractivity contribution in [3.63, 3.8) is 0 Å². The lowest BCUT2D eigenvalue weighted by atomic mass is 10.1. The van der Waals surface area contributed by atoms with Crippen molar-refractivity contribution in [1.29, 1.82) is 0 Å². The quantitative estimate of drug-likeness (QED) is 0.804. The van der Waals surface area contributed by atoms with E-state index in [1.165, 1.54) is 6.42 Å². The van der Waals surface area contributed by atoms with Crippen molar-refractivity contribution >= 4 is 11.6 Å². The number of nitrogens with one attached hydrogen (secondary N) is 1. The van der Waals surface area contributed by atoms with Gasteiger partial charge in [-0.2, -0.15) is 0 Å². The van der Waals surface area contributed by atoms with Gasteiger partial charge in [0.25, 0.3) is 0 Å². The van der Waals surface area contributed by atoms with Crippen LogP contribution in [0.1, 0.15) is 20.3 Å². The number of rotatable bonds is 5. The van der Waals surface area contributed by atoms with Crippen molar-refractivity contribution in [3.05, 3.63) is 18.2 Å². The molecule has 0 saturated heterocycles. The number of nitrogens with zero attached hydrogens (tertiary/aromatic N) is 2. The van der Waals surface area contributed by atoms with E-state index < -0.39 is 0 Å². The summed E-state index contributed by atoms with van der Waals surface area (Å²) in [6, 6.07) is 6.05. The van der Waals surface area contributed by atoms with Gasteiger partial charge in [-0.05, 0) is 18.1 Å². The van der Waals surface area contributed by atoms with Crippen molar-refractivity contribution in [1.82, 2.24) is 4.98 Å². The van der Waals surface area contributed by atoms with E-state index in [1.807, 2.05) is 37.2 Å². The van der Waals surface area contributed by atoms with Crippen LogP contribution in [0.15, 0.2) is 18.2 Å². The Morgan fingerprint density at radius 3 is 2.73 bits per heavy atom. The summed E-state index contributed by atoms with van der Waals surface area (Å²) in [5, 5.41) is 3.35. The van der Waals surface area contributed by atoms with Gasteiger partial charge >= 0.3 is 0 Å². The summed E-state index contributed by atoms with van der Waals surface area (Å²) in [7, 11) is 4.00. The summed E-state index contributed by atoms with van der Waals surface area (Å²) >= 11 is 0. The monoisotopic (exact) mass is 207 g/mol. The van der Waals surface area contributed by atoms with E-state index in [9.17, 15) is 0 Å². The lowest BCUT2D eigenvalue weighted by Crippen LogP contribution is -2.14. The van der Waals surface area contributed by atoms with Gasteiger partial charge in [0.15, 0.2) is 0 Å².